The first-order valence-corrected chi connectivity index (χ1v) is 8.05. The van der Waals surface area contributed by atoms with Gasteiger partial charge in [-0.25, -0.2) is 8.78 Å². The summed E-state index contributed by atoms with van der Waals surface area (Å²) in [6.07, 6.45) is 0.619. The van der Waals surface area contributed by atoms with E-state index < -0.39 is 41.3 Å². The average Bonchev–Trinajstić information content (AvgIpc) is 3.35. The highest BCUT2D eigenvalue weighted by Gasteiger charge is 2.47. The minimum absolute atomic E-state index is 0.0682. The maximum atomic E-state index is 13.8. The van der Waals surface area contributed by atoms with Crippen LogP contribution in [0.2, 0.25) is 0 Å². The molecule has 0 unspecified atom stereocenters. The van der Waals surface area contributed by atoms with Gasteiger partial charge in [-0.2, -0.15) is 0 Å². The topological polar surface area (TPSA) is 72.2 Å². The molecule has 0 spiro atoms. The number of hydrogen-bond acceptors (Lipinski definition) is 2. The highest BCUT2D eigenvalue weighted by Crippen LogP contribution is 2.49. The third kappa shape index (κ3) is 3.84. The zero-order valence-electron chi connectivity index (χ0n) is 13.4. The molecule has 0 bridgehead atoms. The first-order chi connectivity index (χ1) is 12.0. The number of halogens is 2. The smallest absolute Gasteiger partial charge is 0.240 e. The third-order valence-electron chi connectivity index (χ3n) is 4.44. The first-order valence-electron chi connectivity index (χ1n) is 8.05. The maximum Gasteiger partial charge on any atom is 0.240 e. The molecule has 2 aromatic rings. The number of hydrogen-bond donors (Lipinski definition) is 2. The van der Waals surface area contributed by atoms with Gasteiger partial charge in [0.1, 0.15) is 17.7 Å². The molecule has 1 aliphatic carbocycles. The molecule has 0 radical (unpaired) electrons. The molecule has 3 atom stereocenters. The van der Waals surface area contributed by atoms with Gasteiger partial charge in [-0.15, -0.1) is 0 Å². The van der Waals surface area contributed by atoms with Gasteiger partial charge in [-0.3, -0.25) is 9.59 Å². The number of rotatable bonds is 6. The summed E-state index contributed by atoms with van der Waals surface area (Å²) in [7, 11) is 0. The molecular formula is C19H18F2N2O2. The lowest BCUT2D eigenvalue weighted by Gasteiger charge is -2.16. The van der Waals surface area contributed by atoms with Gasteiger partial charge in [0.05, 0.1) is 0 Å². The Morgan fingerprint density at radius 3 is 2.32 bits per heavy atom. The lowest BCUT2D eigenvalue weighted by Crippen LogP contribution is -2.46. The number of nitrogens with one attached hydrogen (secondary N) is 1. The van der Waals surface area contributed by atoms with Crippen molar-refractivity contribution < 1.29 is 18.4 Å². The van der Waals surface area contributed by atoms with Crippen LogP contribution in [0.25, 0.3) is 0 Å². The van der Waals surface area contributed by atoms with Gasteiger partial charge in [0, 0.05) is 23.8 Å². The molecule has 0 aliphatic heterocycles. The van der Waals surface area contributed by atoms with Gasteiger partial charge < -0.3 is 11.1 Å². The van der Waals surface area contributed by atoms with Crippen molar-refractivity contribution in [1.29, 1.82) is 0 Å². The summed E-state index contributed by atoms with van der Waals surface area (Å²) in [6, 6.07) is 11.9. The van der Waals surface area contributed by atoms with E-state index in [0.717, 1.165) is 5.56 Å². The van der Waals surface area contributed by atoms with Crippen LogP contribution in [-0.2, 0) is 16.0 Å². The Hall–Kier alpha value is -2.76. The number of nitrogens with two attached hydrogens (primary N) is 1. The molecular weight excluding hydrogens is 326 g/mol. The molecule has 4 nitrogen and oxygen atoms in total. The molecule has 130 valence electrons. The lowest BCUT2D eigenvalue weighted by atomic mass is 10.0. The van der Waals surface area contributed by atoms with E-state index in [-0.39, 0.29) is 12.0 Å². The predicted molar refractivity (Wildman–Crippen MR) is 88.5 cm³/mol. The van der Waals surface area contributed by atoms with Crippen molar-refractivity contribution in [2.24, 2.45) is 11.7 Å². The average molecular weight is 344 g/mol. The van der Waals surface area contributed by atoms with Gasteiger partial charge in [-0.05, 0) is 24.1 Å². The number of amides is 2. The van der Waals surface area contributed by atoms with Crippen LogP contribution in [0.1, 0.15) is 23.5 Å². The molecule has 0 heterocycles. The summed E-state index contributed by atoms with van der Waals surface area (Å²) in [5, 5.41) is 2.61. The van der Waals surface area contributed by atoms with E-state index >= 15 is 0 Å². The molecule has 25 heavy (non-hydrogen) atoms. The largest absolute Gasteiger partial charge is 0.368 e. The Morgan fingerprint density at radius 1 is 1.08 bits per heavy atom. The Bertz CT molecular complexity index is 775. The summed E-state index contributed by atoms with van der Waals surface area (Å²) < 4.78 is 27.6. The number of benzene rings is 2. The summed E-state index contributed by atoms with van der Waals surface area (Å²) in [5.74, 6) is -3.43. The molecule has 3 N–H and O–H groups in total. The zero-order chi connectivity index (χ0) is 18.0. The predicted octanol–water partition coefficient (Wildman–Crippen LogP) is 2.28. The van der Waals surface area contributed by atoms with Crippen LogP contribution in [0.15, 0.2) is 48.5 Å². The van der Waals surface area contributed by atoms with Crippen molar-refractivity contribution in [3.8, 4) is 0 Å². The summed E-state index contributed by atoms with van der Waals surface area (Å²) >= 11 is 0. The van der Waals surface area contributed by atoms with Crippen LogP contribution in [0, 0.1) is 17.6 Å². The normalized spacial score (nSPS) is 19.9. The van der Waals surface area contributed by atoms with Crippen molar-refractivity contribution in [2.75, 3.05) is 0 Å². The number of carbonyl (C=O) groups excluding carboxylic acids is 2. The fourth-order valence-corrected chi connectivity index (χ4v) is 3.02. The second kappa shape index (κ2) is 7.01. The van der Waals surface area contributed by atoms with E-state index in [0.29, 0.717) is 6.42 Å². The number of primary amides is 1. The van der Waals surface area contributed by atoms with Crippen LogP contribution in [0.3, 0.4) is 0 Å². The standard InChI is InChI=1S/C19H18F2N2O2/c20-14-7-4-8-15(21)17(14)12-10-13(12)19(25)23-16(18(22)24)9-11-5-2-1-3-6-11/h1-8,12-13,16H,9-10H2,(H2,22,24)(H,23,25)/t12-,13+,16+/m0/s1. The molecule has 3 rings (SSSR count). The first kappa shape index (κ1) is 17.1. The second-order valence-electron chi connectivity index (χ2n) is 6.24. The number of carbonyl (C=O) groups is 2. The highest BCUT2D eigenvalue weighted by atomic mass is 19.1. The van der Waals surface area contributed by atoms with Crippen molar-refractivity contribution in [3.05, 3.63) is 71.3 Å². The third-order valence-corrected chi connectivity index (χ3v) is 4.44. The van der Waals surface area contributed by atoms with E-state index in [1.54, 1.807) is 0 Å². The Labute approximate surface area is 144 Å². The molecule has 2 aromatic carbocycles. The SMILES string of the molecule is NC(=O)[C@@H](Cc1ccccc1)NC(=O)[C@@H]1C[C@@H]1c1c(F)cccc1F. The van der Waals surface area contributed by atoms with Crippen molar-refractivity contribution >= 4 is 11.8 Å². The fraction of sp³-hybridized carbons (Fsp3) is 0.263. The maximum absolute atomic E-state index is 13.8. The molecule has 2 amide bonds. The van der Waals surface area contributed by atoms with Gasteiger partial charge in [-0.1, -0.05) is 36.4 Å². The second-order valence-corrected chi connectivity index (χ2v) is 6.24. The van der Waals surface area contributed by atoms with Crippen LogP contribution < -0.4 is 11.1 Å². The van der Waals surface area contributed by atoms with Crippen LogP contribution >= 0.6 is 0 Å². The summed E-state index contributed by atoms with van der Waals surface area (Å²) in [5.41, 5.74) is 6.17. The minimum atomic E-state index is -0.860. The molecule has 0 saturated heterocycles. The molecule has 0 aromatic heterocycles. The van der Waals surface area contributed by atoms with Gasteiger partial charge in [0.2, 0.25) is 11.8 Å². The van der Waals surface area contributed by atoms with Crippen molar-refractivity contribution in [2.45, 2.75) is 24.8 Å². The van der Waals surface area contributed by atoms with Gasteiger partial charge >= 0.3 is 0 Å². The molecule has 6 heteroatoms. The summed E-state index contributed by atoms with van der Waals surface area (Å²) in [6.45, 7) is 0. The molecule has 1 saturated carbocycles. The monoisotopic (exact) mass is 344 g/mol. The zero-order valence-corrected chi connectivity index (χ0v) is 13.4. The van der Waals surface area contributed by atoms with Crippen LogP contribution in [0.4, 0.5) is 8.78 Å². The highest BCUT2D eigenvalue weighted by molar-refractivity contribution is 5.89. The van der Waals surface area contributed by atoms with E-state index in [9.17, 15) is 18.4 Å². The minimum Gasteiger partial charge on any atom is -0.368 e. The quantitative estimate of drug-likeness (QED) is 0.844. The summed E-state index contributed by atoms with van der Waals surface area (Å²) in [4.78, 5) is 24.0. The Balaban J connectivity index is 1.66. The lowest BCUT2D eigenvalue weighted by molar-refractivity contribution is -0.128. The van der Waals surface area contributed by atoms with Crippen LogP contribution in [-0.4, -0.2) is 17.9 Å². The van der Waals surface area contributed by atoms with E-state index in [1.807, 2.05) is 30.3 Å². The van der Waals surface area contributed by atoms with Crippen molar-refractivity contribution in [1.82, 2.24) is 5.32 Å². The van der Waals surface area contributed by atoms with E-state index in [2.05, 4.69) is 5.32 Å². The molecule has 1 aliphatic rings. The van der Waals surface area contributed by atoms with Gasteiger partial charge in [0.15, 0.2) is 0 Å². The van der Waals surface area contributed by atoms with Gasteiger partial charge in [0.25, 0.3) is 0 Å². The van der Waals surface area contributed by atoms with E-state index in [1.165, 1.54) is 18.2 Å². The Morgan fingerprint density at radius 2 is 1.72 bits per heavy atom. The van der Waals surface area contributed by atoms with Crippen LogP contribution in [0.5, 0.6) is 0 Å². The van der Waals surface area contributed by atoms with E-state index in [4.69, 9.17) is 5.73 Å². The molecule has 1 fully saturated rings. The van der Waals surface area contributed by atoms with Crippen molar-refractivity contribution in [3.63, 3.8) is 0 Å². The Kier molecular flexibility index (Phi) is 4.79. The fourth-order valence-electron chi connectivity index (χ4n) is 3.02.